The van der Waals surface area contributed by atoms with Crippen LogP contribution >= 0.6 is 11.3 Å². The number of benzene rings is 3. The maximum Gasteiger partial charge on any atom is 0.325 e. The third kappa shape index (κ3) is 4.33. The smallest absolute Gasteiger partial charge is 0.325 e. The van der Waals surface area contributed by atoms with Gasteiger partial charge in [-0.1, -0.05) is 53.8 Å². The highest BCUT2D eigenvalue weighted by Crippen LogP contribution is 2.24. The highest BCUT2D eigenvalue weighted by Gasteiger charge is 2.16. The van der Waals surface area contributed by atoms with Crippen LogP contribution < -0.4 is 4.80 Å². The number of nitro benzene ring substituents is 1. The van der Waals surface area contributed by atoms with Gasteiger partial charge in [-0.25, -0.2) is 0 Å². The summed E-state index contributed by atoms with van der Waals surface area (Å²) < 4.78 is 6.85. The molecule has 0 saturated carbocycles. The molecule has 0 saturated heterocycles. The van der Waals surface area contributed by atoms with E-state index in [4.69, 9.17) is 4.74 Å². The normalized spacial score (nSPS) is 11.5. The van der Waals surface area contributed by atoms with Crippen molar-refractivity contribution in [3.63, 3.8) is 0 Å². The fraction of sp³-hybridized carbons (Fsp3) is 0.0870. The Morgan fingerprint density at radius 2 is 1.72 bits per heavy atom. The fourth-order valence-electron chi connectivity index (χ4n) is 3.19. The van der Waals surface area contributed by atoms with Gasteiger partial charge in [-0.3, -0.25) is 19.7 Å². The van der Waals surface area contributed by atoms with Gasteiger partial charge in [0.15, 0.2) is 4.80 Å². The van der Waals surface area contributed by atoms with E-state index in [1.165, 1.54) is 23.8 Å². The number of rotatable bonds is 5. The number of hydrogen-bond acceptors (Lipinski definition) is 6. The summed E-state index contributed by atoms with van der Waals surface area (Å²) >= 11 is 1.16. The molecule has 0 aliphatic carbocycles. The molecule has 0 N–H and O–H groups in total. The molecule has 3 aromatic carbocycles. The molecule has 0 atom stereocenters. The molecule has 0 aliphatic rings. The molecular weight excluding hydrogens is 430 g/mol. The predicted molar refractivity (Wildman–Crippen MR) is 120 cm³/mol. The lowest BCUT2D eigenvalue weighted by molar-refractivity contribution is -0.384. The number of carbonyl (C=O) groups is 2. The summed E-state index contributed by atoms with van der Waals surface area (Å²) in [6.07, 6.45) is 0. The molecule has 160 valence electrons. The second-order valence-corrected chi connectivity index (χ2v) is 7.83. The molecule has 0 radical (unpaired) electrons. The number of fused-ring (bicyclic) bond motifs is 1. The average molecular weight is 447 g/mol. The first-order valence-corrected chi connectivity index (χ1v) is 10.4. The maximum atomic E-state index is 12.8. The van der Waals surface area contributed by atoms with Crippen molar-refractivity contribution < 1.29 is 19.2 Å². The number of amides is 1. The molecule has 1 heterocycles. The molecule has 0 spiro atoms. The molecule has 1 aromatic heterocycles. The molecule has 0 fully saturated rings. The Morgan fingerprint density at radius 3 is 2.38 bits per heavy atom. The number of hydrogen-bond donors (Lipinski definition) is 0. The Morgan fingerprint density at radius 1 is 1.03 bits per heavy atom. The summed E-state index contributed by atoms with van der Waals surface area (Å²) in [5.41, 5.74) is 2.70. The zero-order chi connectivity index (χ0) is 22.7. The van der Waals surface area contributed by atoms with E-state index in [2.05, 4.69) is 4.99 Å². The minimum absolute atomic E-state index is 0.122. The number of thiazole rings is 1. The van der Waals surface area contributed by atoms with E-state index in [1.54, 1.807) is 18.2 Å². The first-order valence-electron chi connectivity index (χ1n) is 9.55. The number of esters is 1. The van der Waals surface area contributed by atoms with E-state index in [0.29, 0.717) is 15.8 Å². The van der Waals surface area contributed by atoms with Crippen LogP contribution in [0, 0.1) is 10.1 Å². The van der Waals surface area contributed by atoms with Crippen molar-refractivity contribution in [2.45, 2.75) is 6.54 Å². The monoisotopic (exact) mass is 447 g/mol. The van der Waals surface area contributed by atoms with Gasteiger partial charge in [-0.05, 0) is 29.3 Å². The Kier molecular flexibility index (Phi) is 5.91. The standard InChI is InChI=1S/C23H17N3O5S/c1-31-21(27)14-25-19-13-18(26(29)30)11-12-20(19)32-23(25)24-22(28)17-9-7-16(8-10-17)15-5-3-2-4-6-15/h2-13H,14H2,1H3. The number of methoxy groups -OCH3 is 1. The van der Waals surface area contributed by atoms with Crippen LogP contribution in [0.5, 0.6) is 0 Å². The molecule has 0 bridgehead atoms. The van der Waals surface area contributed by atoms with Gasteiger partial charge in [-0.15, -0.1) is 0 Å². The lowest BCUT2D eigenvalue weighted by Gasteiger charge is -2.04. The second kappa shape index (κ2) is 8.94. The summed E-state index contributed by atoms with van der Waals surface area (Å²) in [7, 11) is 1.25. The Balaban J connectivity index is 1.75. The Hall–Kier alpha value is -4.11. The maximum absolute atomic E-state index is 12.8. The van der Waals surface area contributed by atoms with Crippen molar-refractivity contribution in [3.8, 4) is 11.1 Å². The van der Waals surface area contributed by atoms with E-state index >= 15 is 0 Å². The third-order valence-corrected chi connectivity index (χ3v) is 5.89. The van der Waals surface area contributed by atoms with Gasteiger partial charge in [-0.2, -0.15) is 4.99 Å². The number of carbonyl (C=O) groups excluding carboxylic acids is 2. The Bertz CT molecular complexity index is 1390. The number of aromatic nitrogens is 1. The highest BCUT2D eigenvalue weighted by molar-refractivity contribution is 7.16. The van der Waals surface area contributed by atoms with Crippen molar-refractivity contribution in [2.75, 3.05) is 7.11 Å². The first kappa shape index (κ1) is 21.1. The third-order valence-electron chi connectivity index (χ3n) is 4.83. The molecule has 9 heteroatoms. The zero-order valence-electron chi connectivity index (χ0n) is 16.9. The number of non-ortho nitro benzene ring substituents is 1. The van der Waals surface area contributed by atoms with Crippen LogP contribution in [-0.2, 0) is 16.1 Å². The summed E-state index contributed by atoms with van der Waals surface area (Å²) in [4.78, 5) is 39.8. The van der Waals surface area contributed by atoms with Gasteiger partial charge in [0.2, 0.25) is 0 Å². The molecule has 4 rings (SSSR count). The molecule has 0 unspecified atom stereocenters. The first-order chi connectivity index (χ1) is 15.5. The molecule has 32 heavy (non-hydrogen) atoms. The van der Waals surface area contributed by atoms with E-state index < -0.39 is 16.8 Å². The zero-order valence-corrected chi connectivity index (χ0v) is 17.7. The lowest BCUT2D eigenvalue weighted by Crippen LogP contribution is -2.22. The minimum Gasteiger partial charge on any atom is -0.468 e. The van der Waals surface area contributed by atoms with Crippen LogP contribution in [0.15, 0.2) is 77.8 Å². The van der Waals surface area contributed by atoms with Crippen molar-refractivity contribution in [3.05, 3.63) is 93.3 Å². The topological polar surface area (TPSA) is 104 Å². The Labute approximate surface area is 186 Å². The SMILES string of the molecule is COC(=O)Cn1c(=NC(=O)c2ccc(-c3ccccc3)cc2)sc2ccc([N+](=O)[O-])cc21. The van der Waals surface area contributed by atoms with Crippen molar-refractivity contribution >= 4 is 39.1 Å². The van der Waals surface area contributed by atoms with Crippen LogP contribution in [0.25, 0.3) is 21.3 Å². The van der Waals surface area contributed by atoms with E-state index in [9.17, 15) is 19.7 Å². The van der Waals surface area contributed by atoms with E-state index in [0.717, 1.165) is 22.5 Å². The van der Waals surface area contributed by atoms with Crippen LogP contribution in [0.2, 0.25) is 0 Å². The summed E-state index contributed by atoms with van der Waals surface area (Å²) in [6.45, 7) is -0.225. The summed E-state index contributed by atoms with van der Waals surface area (Å²) in [5.74, 6) is -1.04. The predicted octanol–water partition coefficient (Wildman–Crippen LogP) is 4.19. The van der Waals surface area contributed by atoms with E-state index in [1.807, 2.05) is 42.5 Å². The molecule has 0 aliphatic heterocycles. The molecule has 4 aromatic rings. The van der Waals surface area contributed by atoms with E-state index in [-0.39, 0.29) is 17.0 Å². The fourth-order valence-corrected chi connectivity index (χ4v) is 4.20. The average Bonchev–Trinajstić information content (AvgIpc) is 3.15. The minimum atomic E-state index is -0.558. The van der Waals surface area contributed by atoms with Gasteiger partial charge < -0.3 is 9.30 Å². The van der Waals surface area contributed by atoms with Crippen molar-refractivity contribution in [1.29, 1.82) is 0 Å². The van der Waals surface area contributed by atoms with Crippen molar-refractivity contribution in [1.82, 2.24) is 4.57 Å². The quantitative estimate of drug-likeness (QED) is 0.259. The second-order valence-electron chi connectivity index (χ2n) is 6.82. The summed E-state index contributed by atoms with van der Waals surface area (Å²) in [5, 5.41) is 11.2. The van der Waals surface area contributed by atoms with Crippen LogP contribution in [-0.4, -0.2) is 28.5 Å². The molecule has 1 amide bonds. The largest absolute Gasteiger partial charge is 0.468 e. The van der Waals surface area contributed by atoms with Gasteiger partial charge >= 0.3 is 5.97 Å². The van der Waals surface area contributed by atoms with Gasteiger partial charge in [0.1, 0.15) is 6.54 Å². The van der Waals surface area contributed by atoms with Crippen LogP contribution in [0.1, 0.15) is 10.4 Å². The number of nitro groups is 1. The van der Waals surface area contributed by atoms with Gasteiger partial charge in [0.05, 0.1) is 22.2 Å². The molecular formula is C23H17N3O5S. The van der Waals surface area contributed by atoms with Gasteiger partial charge in [0.25, 0.3) is 11.6 Å². The highest BCUT2D eigenvalue weighted by atomic mass is 32.1. The van der Waals surface area contributed by atoms with Gasteiger partial charge in [0, 0.05) is 17.7 Å². The number of ether oxygens (including phenoxy) is 1. The van der Waals surface area contributed by atoms with Crippen molar-refractivity contribution in [2.24, 2.45) is 4.99 Å². The summed E-state index contributed by atoms with van der Waals surface area (Å²) in [6, 6.07) is 21.1. The van der Waals surface area contributed by atoms with Crippen LogP contribution in [0.3, 0.4) is 0 Å². The van der Waals surface area contributed by atoms with Crippen LogP contribution in [0.4, 0.5) is 5.69 Å². The number of nitrogens with zero attached hydrogens (tertiary/aromatic N) is 3. The lowest BCUT2D eigenvalue weighted by atomic mass is 10.0. The molecule has 8 nitrogen and oxygen atoms in total.